The third kappa shape index (κ3) is 4.87. The van der Waals surface area contributed by atoms with Gasteiger partial charge in [-0.3, -0.25) is 9.69 Å². The van der Waals surface area contributed by atoms with E-state index in [9.17, 15) is 10.1 Å². The van der Waals surface area contributed by atoms with Crippen molar-refractivity contribution in [3.8, 4) is 11.8 Å². The average Bonchev–Trinajstić information content (AvgIpc) is 3.36. The summed E-state index contributed by atoms with van der Waals surface area (Å²) in [6, 6.07) is 5.14. The summed E-state index contributed by atoms with van der Waals surface area (Å²) in [5, 5.41) is 15.8. The van der Waals surface area contributed by atoms with Gasteiger partial charge in [0, 0.05) is 51.5 Å². The van der Waals surface area contributed by atoms with Crippen LogP contribution in [0.4, 0.5) is 21.8 Å². The third-order valence-corrected chi connectivity index (χ3v) is 6.97. The summed E-state index contributed by atoms with van der Waals surface area (Å²) in [5.74, 6) is -0.118. The van der Waals surface area contributed by atoms with Gasteiger partial charge in [-0.2, -0.15) is 15.2 Å². The van der Waals surface area contributed by atoms with E-state index in [2.05, 4.69) is 36.6 Å². The number of hydrogen-bond acceptors (Lipinski definition) is 9. The second kappa shape index (κ2) is 10.6. The van der Waals surface area contributed by atoms with Gasteiger partial charge < -0.3 is 30.0 Å². The number of methoxy groups -OCH3 is 1. The number of ether oxygens (including phenoxy) is 2. The van der Waals surface area contributed by atoms with Crippen LogP contribution in [0.2, 0.25) is 0 Å². The molecule has 0 radical (unpaired) electrons. The first-order valence-corrected chi connectivity index (χ1v) is 12.2. The van der Waals surface area contributed by atoms with Crippen LogP contribution >= 0.6 is 0 Å². The lowest BCUT2D eigenvalue weighted by Gasteiger charge is -2.40. The van der Waals surface area contributed by atoms with Crippen molar-refractivity contribution in [3.05, 3.63) is 35.3 Å². The average molecular weight is 509 g/mol. The summed E-state index contributed by atoms with van der Waals surface area (Å²) < 4.78 is 26.1. The first-order chi connectivity index (χ1) is 18.0. The predicted molar refractivity (Wildman–Crippen MR) is 136 cm³/mol. The molecule has 4 heterocycles. The molecule has 3 N–H and O–H groups in total. The molecule has 37 heavy (non-hydrogen) atoms. The van der Waals surface area contributed by atoms with Gasteiger partial charge in [0.15, 0.2) is 0 Å². The SMILES string of the molecule is CNc1nc(Nc2cc(F)c(C(=O)N3CCC(N4CCOCC4)CC3)cc2OC)nc2[nH]cc(C#N)c12. The molecule has 2 aliphatic heterocycles. The number of aromatic nitrogens is 3. The smallest absolute Gasteiger partial charge is 0.256 e. The Morgan fingerprint density at radius 1 is 1.24 bits per heavy atom. The topological polar surface area (TPSA) is 131 Å². The number of piperidine rings is 1. The highest BCUT2D eigenvalue weighted by Crippen LogP contribution is 2.32. The highest BCUT2D eigenvalue weighted by atomic mass is 19.1. The number of H-pyrrole nitrogens is 1. The van der Waals surface area contributed by atoms with Gasteiger partial charge in [-0.25, -0.2) is 4.39 Å². The minimum absolute atomic E-state index is 0.0393. The molecule has 1 aromatic carbocycles. The molecule has 2 aromatic heterocycles. The van der Waals surface area contributed by atoms with Gasteiger partial charge in [-0.15, -0.1) is 0 Å². The van der Waals surface area contributed by atoms with Crippen LogP contribution in [0.1, 0.15) is 28.8 Å². The lowest BCUT2D eigenvalue weighted by molar-refractivity contribution is 0.00154. The molecule has 194 valence electrons. The zero-order valence-corrected chi connectivity index (χ0v) is 20.8. The first-order valence-electron chi connectivity index (χ1n) is 12.2. The predicted octanol–water partition coefficient (Wildman–Crippen LogP) is 2.70. The Morgan fingerprint density at radius 3 is 2.68 bits per heavy atom. The van der Waals surface area contributed by atoms with Gasteiger partial charge in [-0.1, -0.05) is 0 Å². The van der Waals surface area contributed by atoms with E-state index in [4.69, 9.17) is 9.47 Å². The Morgan fingerprint density at radius 2 is 2.00 bits per heavy atom. The molecular formula is C25H29FN8O3. The molecular weight excluding hydrogens is 479 g/mol. The van der Waals surface area contributed by atoms with Crippen molar-refractivity contribution in [2.75, 3.05) is 64.2 Å². The number of nitrogens with zero attached hydrogens (tertiary/aromatic N) is 5. The van der Waals surface area contributed by atoms with Crippen LogP contribution in [0.15, 0.2) is 18.3 Å². The van der Waals surface area contributed by atoms with E-state index in [1.807, 2.05) is 0 Å². The van der Waals surface area contributed by atoms with E-state index >= 15 is 4.39 Å². The highest BCUT2D eigenvalue weighted by Gasteiger charge is 2.30. The lowest BCUT2D eigenvalue weighted by atomic mass is 10.0. The van der Waals surface area contributed by atoms with Crippen molar-refractivity contribution in [2.24, 2.45) is 0 Å². The minimum atomic E-state index is -0.662. The summed E-state index contributed by atoms with van der Waals surface area (Å²) in [6.45, 7) is 4.45. The number of rotatable bonds is 6. The lowest BCUT2D eigenvalue weighted by Crippen LogP contribution is -2.50. The zero-order valence-electron chi connectivity index (χ0n) is 20.8. The fourth-order valence-electron chi connectivity index (χ4n) is 5.01. The summed E-state index contributed by atoms with van der Waals surface area (Å²) in [7, 11) is 3.14. The number of morpholine rings is 1. The molecule has 1 amide bonds. The van der Waals surface area contributed by atoms with Gasteiger partial charge in [0.25, 0.3) is 5.91 Å². The fraction of sp³-hybridized carbons (Fsp3) is 0.440. The Bertz CT molecular complexity index is 1340. The second-order valence-corrected chi connectivity index (χ2v) is 9.01. The molecule has 0 spiro atoms. The minimum Gasteiger partial charge on any atom is -0.495 e. The number of anilines is 3. The van der Waals surface area contributed by atoms with Crippen LogP contribution in [-0.2, 0) is 4.74 Å². The summed E-state index contributed by atoms with van der Waals surface area (Å²) in [5.41, 5.74) is 1.09. The van der Waals surface area contributed by atoms with Gasteiger partial charge in [0.1, 0.15) is 29.1 Å². The van der Waals surface area contributed by atoms with Gasteiger partial charge in [0.05, 0.1) is 42.5 Å². The summed E-state index contributed by atoms with van der Waals surface area (Å²) in [4.78, 5) is 29.1. The van der Waals surface area contributed by atoms with Crippen molar-refractivity contribution in [1.82, 2.24) is 24.8 Å². The van der Waals surface area contributed by atoms with E-state index in [0.29, 0.717) is 41.5 Å². The van der Waals surface area contributed by atoms with Gasteiger partial charge in [-0.05, 0) is 18.9 Å². The molecule has 2 aliphatic rings. The summed E-state index contributed by atoms with van der Waals surface area (Å²) >= 11 is 0. The number of carbonyl (C=O) groups excluding carboxylic acids is 1. The normalized spacial score (nSPS) is 17.0. The quantitative estimate of drug-likeness (QED) is 0.460. The van der Waals surface area contributed by atoms with Crippen molar-refractivity contribution in [3.63, 3.8) is 0 Å². The van der Waals surface area contributed by atoms with E-state index < -0.39 is 5.82 Å². The molecule has 2 fully saturated rings. The largest absolute Gasteiger partial charge is 0.495 e. The number of likely N-dealkylation sites (tertiary alicyclic amines) is 1. The van der Waals surface area contributed by atoms with Crippen LogP contribution in [0.25, 0.3) is 11.0 Å². The van der Waals surface area contributed by atoms with Gasteiger partial charge in [0.2, 0.25) is 5.95 Å². The number of hydrogen-bond donors (Lipinski definition) is 3. The number of benzene rings is 1. The molecule has 11 nitrogen and oxygen atoms in total. The molecule has 3 aromatic rings. The number of carbonyl (C=O) groups is 1. The van der Waals surface area contributed by atoms with Crippen LogP contribution in [0, 0.1) is 17.1 Å². The fourth-order valence-corrected chi connectivity index (χ4v) is 5.01. The number of nitriles is 1. The van der Waals surface area contributed by atoms with E-state index in [1.165, 1.54) is 19.2 Å². The maximum absolute atomic E-state index is 15.2. The number of fused-ring (bicyclic) bond motifs is 1. The monoisotopic (exact) mass is 508 g/mol. The molecule has 0 unspecified atom stereocenters. The van der Waals surface area contributed by atoms with Crippen LogP contribution in [0.3, 0.4) is 0 Å². The number of nitrogens with one attached hydrogen (secondary N) is 3. The Hall–Kier alpha value is -3.95. The van der Waals surface area contributed by atoms with Crippen molar-refractivity contribution in [1.29, 1.82) is 5.26 Å². The standard InChI is InChI=1S/C25H29FN8O3/c1-28-22-21-15(13-27)14-29-23(21)32-25(31-22)30-19-12-18(26)17(11-20(19)36-2)24(35)34-5-3-16(4-6-34)33-7-9-37-10-8-33/h11-12,14,16H,3-10H2,1-2H3,(H3,28,29,30,31,32). The van der Waals surface area contributed by atoms with Crippen LogP contribution in [-0.4, -0.2) is 90.3 Å². The Labute approximate surface area is 213 Å². The van der Waals surface area contributed by atoms with E-state index in [0.717, 1.165) is 39.1 Å². The molecule has 5 rings (SSSR count). The molecule has 0 aliphatic carbocycles. The van der Waals surface area contributed by atoms with Crippen molar-refractivity contribution < 1.29 is 18.7 Å². The first kappa shape index (κ1) is 24.7. The third-order valence-electron chi connectivity index (χ3n) is 6.97. The van der Waals surface area contributed by atoms with E-state index in [-0.39, 0.29) is 28.9 Å². The second-order valence-electron chi connectivity index (χ2n) is 9.01. The summed E-state index contributed by atoms with van der Waals surface area (Å²) in [6.07, 6.45) is 3.25. The van der Waals surface area contributed by atoms with Crippen LogP contribution in [0.5, 0.6) is 5.75 Å². The molecule has 2 saturated heterocycles. The number of aromatic amines is 1. The van der Waals surface area contributed by atoms with Crippen molar-refractivity contribution >= 4 is 34.4 Å². The number of amides is 1. The van der Waals surface area contributed by atoms with Crippen LogP contribution < -0.4 is 15.4 Å². The maximum atomic E-state index is 15.2. The zero-order chi connectivity index (χ0) is 25.9. The molecule has 0 atom stereocenters. The Kier molecular flexibility index (Phi) is 7.07. The number of halogens is 1. The maximum Gasteiger partial charge on any atom is 0.256 e. The van der Waals surface area contributed by atoms with E-state index in [1.54, 1.807) is 18.1 Å². The molecule has 0 saturated carbocycles. The molecule has 0 bridgehead atoms. The van der Waals surface area contributed by atoms with Gasteiger partial charge >= 0.3 is 0 Å². The molecule has 12 heteroatoms. The highest BCUT2D eigenvalue weighted by molar-refractivity contribution is 5.96. The Balaban J connectivity index is 1.34. The van der Waals surface area contributed by atoms with Crippen molar-refractivity contribution in [2.45, 2.75) is 18.9 Å².